The predicted molar refractivity (Wildman–Crippen MR) is 116 cm³/mol. The number of carbonyl (C=O) groups is 1. The van der Waals surface area contributed by atoms with Crippen LogP contribution in [0, 0.1) is 11.8 Å². The molecule has 1 heterocycles. The number of rotatable bonds is 5. The van der Waals surface area contributed by atoms with Gasteiger partial charge in [-0.15, -0.1) is 0 Å². The fourth-order valence-corrected chi connectivity index (χ4v) is 6.65. The van der Waals surface area contributed by atoms with Gasteiger partial charge in [0.1, 0.15) is 6.04 Å². The average Bonchev–Trinajstić information content (AvgIpc) is 3.14. The van der Waals surface area contributed by atoms with E-state index in [2.05, 4.69) is 70.4 Å². The molecule has 4 nitrogen and oxygen atoms in total. The van der Waals surface area contributed by atoms with Crippen molar-refractivity contribution in [2.75, 3.05) is 6.61 Å². The maximum Gasteiger partial charge on any atom is 0.323 e. The molecule has 0 spiro atoms. The summed E-state index contributed by atoms with van der Waals surface area (Å²) in [5.41, 5.74) is 0.999. The smallest absolute Gasteiger partial charge is 0.323 e. The standard InChI is InChI=1S/C23H37NO3Si/c1-8-26-21(25)20-17-14-15-23(5,27-28(6,7)22(2,3)4)18(17)19(24-20)16-12-10-9-11-13-16/h9-13,17-20,24H,8,14-15H2,1-7H3/t17-,18+,19+,20-,23+/m0/s1. The quantitative estimate of drug-likeness (QED) is 0.551. The summed E-state index contributed by atoms with van der Waals surface area (Å²) in [4.78, 5) is 12.7. The minimum absolute atomic E-state index is 0.109. The van der Waals surface area contributed by atoms with Crippen molar-refractivity contribution in [1.29, 1.82) is 0 Å². The van der Waals surface area contributed by atoms with E-state index >= 15 is 0 Å². The maximum absolute atomic E-state index is 12.7. The van der Waals surface area contributed by atoms with E-state index < -0.39 is 8.32 Å². The van der Waals surface area contributed by atoms with E-state index in [1.165, 1.54) is 5.56 Å². The lowest BCUT2D eigenvalue weighted by Crippen LogP contribution is -2.51. The maximum atomic E-state index is 12.7. The molecule has 2 fully saturated rings. The summed E-state index contributed by atoms with van der Waals surface area (Å²) < 4.78 is 12.5. The molecule has 0 unspecified atom stereocenters. The number of ether oxygens (including phenoxy) is 1. The molecular weight excluding hydrogens is 366 g/mol. The van der Waals surface area contributed by atoms with Gasteiger partial charge in [-0.1, -0.05) is 51.1 Å². The summed E-state index contributed by atoms with van der Waals surface area (Å²) >= 11 is 0. The van der Waals surface area contributed by atoms with Crippen molar-refractivity contribution >= 4 is 14.3 Å². The van der Waals surface area contributed by atoms with Gasteiger partial charge in [-0.05, 0) is 56.3 Å². The summed E-state index contributed by atoms with van der Waals surface area (Å²) in [6.45, 7) is 16.1. The first kappa shape index (κ1) is 21.5. The molecule has 1 N–H and O–H groups in total. The number of hydrogen-bond acceptors (Lipinski definition) is 4. The first-order valence-electron chi connectivity index (χ1n) is 10.7. The fourth-order valence-electron chi connectivity index (χ4n) is 4.94. The first-order valence-corrected chi connectivity index (χ1v) is 13.6. The summed E-state index contributed by atoms with van der Waals surface area (Å²) in [7, 11) is -1.94. The molecule has 28 heavy (non-hydrogen) atoms. The lowest BCUT2D eigenvalue weighted by Gasteiger charge is -2.46. The molecular formula is C23H37NO3Si. The van der Waals surface area contributed by atoms with Gasteiger partial charge in [0, 0.05) is 12.0 Å². The van der Waals surface area contributed by atoms with Crippen LogP contribution in [0.2, 0.25) is 18.1 Å². The van der Waals surface area contributed by atoms with Crippen molar-refractivity contribution in [2.45, 2.75) is 83.3 Å². The molecule has 0 radical (unpaired) electrons. The van der Waals surface area contributed by atoms with Gasteiger partial charge >= 0.3 is 5.97 Å². The van der Waals surface area contributed by atoms with Gasteiger partial charge in [0.25, 0.3) is 0 Å². The van der Waals surface area contributed by atoms with Crippen LogP contribution in [0.15, 0.2) is 30.3 Å². The summed E-state index contributed by atoms with van der Waals surface area (Å²) in [6, 6.07) is 10.4. The van der Waals surface area contributed by atoms with Crippen LogP contribution < -0.4 is 5.32 Å². The van der Waals surface area contributed by atoms with E-state index in [0.29, 0.717) is 6.61 Å². The molecule has 1 aromatic rings. The van der Waals surface area contributed by atoms with Crippen LogP contribution in [-0.4, -0.2) is 32.5 Å². The van der Waals surface area contributed by atoms with Gasteiger partial charge in [-0.3, -0.25) is 10.1 Å². The Morgan fingerprint density at radius 1 is 1.25 bits per heavy atom. The van der Waals surface area contributed by atoms with Gasteiger partial charge in [0.05, 0.1) is 12.2 Å². The molecule has 1 saturated carbocycles. The van der Waals surface area contributed by atoms with Crippen molar-refractivity contribution in [1.82, 2.24) is 5.32 Å². The normalized spacial score (nSPS) is 33.0. The van der Waals surface area contributed by atoms with Crippen molar-refractivity contribution in [2.24, 2.45) is 11.8 Å². The minimum atomic E-state index is -1.94. The highest BCUT2D eigenvalue weighted by Crippen LogP contribution is 2.56. The third-order valence-electron chi connectivity index (χ3n) is 7.28. The molecule has 1 aliphatic heterocycles. The van der Waals surface area contributed by atoms with Gasteiger partial charge < -0.3 is 9.16 Å². The zero-order valence-corrected chi connectivity index (χ0v) is 19.5. The Bertz CT molecular complexity index is 700. The molecule has 1 aliphatic carbocycles. The summed E-state index contributed by atoms with van der Waals surface area (Å²) in [5, 5.41) is 3.79. The molecule has 5 heteroatoms. The lowest BCUT2D eigenvalue weighted by molar-refractivity contribution is -0.146. The van der Waals surface area contributed by atoms with Crippen LogP contribution in [0.4, 0.5) is 0 Å². The van der Waals surface area contributed by atoms with Crippen molar-refractivity contribution in [3.8, 4) is 0 Å². The van der Waals surface area contributed by atoms with Crippen LogP contribution in [-0.2, 0) is 14.0 Å². The number of benzene rings is 1. The Labute approximate surface area is 171 Å². The van der Waals surface area contributed by atoms with Crippen LogP contribution >= 0.6 is 0 Å². The molecule has 0 amide bonds. The van der Waals surface area contributed by atoms with E-state index in [4.69, 9.17) is 9.16 Å². The van der Waals surface area contributed by atoms with Crippen molar-refractivity contribution < 1.29 is 14.0 Å². The highest BCUT2D eigenvalue weighted by molar-refractivity contribution is 6.74. The van der Waals surface area contributed by atoms with E-state index in [-0.39, 0.29) is 40.5 Å². The van der Waals surface area contributed by atoms with Gasteiger partial charge in [-0.25, -0.2) is 0 Å². The molecule has 0 bridgehead atoms. The second-order valence-corrected chi connectivity index (χ2v) is 14.9. The average molecular weight is 404 g/mol. The number of fused-ring (bicyclic) bond motifs is 1. The van der Waals surface area contributed by atoms with Crippen molar-refractivity contribution in [3.63, 3.8) is 0 Å². The monoisotopic (exact) mass is 403 g/mol. The highest BCUT2D eigenvalue weighted by Gasteiger charge is 2.60. The number of hydrogen-bond donors (Lipinski definition) is 1. The molecule has 0 aromatic heterocycles. The largest absolute Gasteiger partial charge is 0.465 e. The first-order chi connectivity index (χ1) is 13.0. The summed E-state index contributed by atoms with van der Waals surface area (Å²) in [6.07, 6.45) is 1.99. The topological polar surface area (TPSA) is 47.6 Å². The molecule has 2 aliphatic rings. The SMILES string of the molecule is CCOC(=O)[C@H]1N[C@H](c2ccccc2)[C@H]2[C@@H]1CC[C@@]2(C)O[Si](C)(C)C(C)(C)C. The predicted octanol–water partition coefficient (Wildman–Crippen LogP) is 5.07. The Morgan fingerprint density at radius 3 is 2.46 bits per heavy atom. The zero-order chi connectivity index (χ0) is 20.7. The van der Waals surface area contributed by atoms with E-state index in [1.807, 2.05) is 13.0 Å². The van der Waals surface area contributed by atoms with Crippen LogP contribution in [0.5, 0.6) is 0 Å². The van der Waals surface area contributed by atoms with Crippen LogP contribution in [0.1, 0.15) is 59.1 Å². The Hall–Kier alpha value is -1.17. The third-order valence-corrected chi connectivity index (χ3v) is 11.9. The molecule has 5 atom stereocenters. The lowest BCUT2D eigenvalue weighted by atomic mass is 9.80. The number of esters is 1. The Morgan fingerprint density at radius 2 is 1.89 bits per heavy atom. The van der Waals surface area contributed by atoms with E-state index in [0.717, 1.165) is 12.8 Å². The molecule has 1 saturated heterocycles. The van der Waals surface area contributed by atoms with E-state index in [9.17, 15) is 4.79 Å². The highest BCUT2D eigenvalue weighted by atomic mass is 28.4. The summed E-state index contributed by atoms with van der Waals surface area (Å²) in [5.74, 6) is 0.393. The van der Waals surface area contributed by atoms with Gasteiger partial charge in [0.2, 0.25) is 0 Å². The second-order valence-electron chi connectivity index (χ2n) is 10.2. The second kappa shape index (κ2) is 7.58. The molecule has 156 valence electrons. The molecule has 3 rings (SSSR count). The zero-order valence-electron chi connectivity index (χ0n) is 18.5. The van der Waals surface area contributed by atoms with Gasteiger partial charge in [0.15, 0.2) is 8.32 Å². The van der Waals surface area contributed by atoms with Gasteiger partial charge in [-0.2, -0.15) is 0 Å². The van der Waals surface area contributed by atoms with Crippen LogP contribution in [0.3, 0.4) is 0 Å². The Balaban J connectivity index is 1.96. The van der Waals surface area contributed by atoms with Crippen molar-refractivity contribution in [3.05, 3.63) is 35.9 Å². The number of nitrogens with one attached hydrogen (secondary N) is 1. The fraction of sp³-hybridized carbons (Fsp3) is 0.696. The molecule has 1 aromatic carbocycles. The number of carbonyl (C=O) groups excluding carboxylic acids is 1. The van der Waals surface area contributed by atoms with E-state index in [1.54, 1.807) is 0 Å². The minimum Gasteiger partial charge on any atom is -0.465 e. The van der Waals surface area contributed by atoms with Crippen LogP contribution in [0.25, 0.3) is 0 Å². The Kier molecular flexibility index (Phi) is 5.83. The third kappa shape index (κ3) is 3.81.